The van der Waals surface area contributed by atoms with Crippen LogP contribution in [-0.2, 0) is 4.79 Å². The molecule has 1 saturated heterocycles. The van der Waals surface area contributed by atoms with Gasteiger partial charge in [-0.2, -0.15) is 0 Å². The van der Waals surface area contributed by atoms with Gasteiger partial charge in [0.15, 0.2) is 5.13 Å². The van der Waals surface area contributed by atoms with Crippen molar-refractivity contribution in [3.63, 3.8) is 0 Å². The van der Waals surface area contributed by atoms with Crippen molar-refractivity contribution < 1.29 is 9.59 Å². The Balaban J connectivity index is 1.59. The molecular weight excluding hydrogens is 396 g/mol. The van der Waals surface area contributed by atoms with Crippen LogP contribution in [0.15, 0.2) is 17.5 Å². The van der Waals surface area contributed by atoms with E-state index in [1.165, 1.54) is 28.0 Å². The van der Waals surface area contributed by atoms with Gasteiger partial charge in [-0.1, -0.05) is 6.07 Å². The zero-order valence-corrected chi connectivity index (χ0v) is 19.4. The van der Waals surface area contributed by atoms with Gasteiger partial charge in [0, 0.05) is 43.0 Å². The predicted octanol–water partition coefficient (Wildman–Crippen LogP) is 4.85. The molecular formula is C23H32N4O2S. The van der Waals surface area contributed by atoms with Crippen LogP contribution in [0.5, 0.6) is 0 Å². The molecule has 1 fully saturated rings. The average Bonchev–Trinajstić information content (AvgIpc) is 3.19. The molecule has 3 amide bonds. The van der Waals surface area contributed by atoms with Crippen LogP contribution in [0, 0.1) is 26.7 Å². The van der Waals surface area contributed by atoms with Gasteiger partial charge in [0.1, 0.15) is 0 Å². The van der Waals surface area contributed by atoms with Gasteiger partial charge in [-0.3, -0.25) is 4.79 Å². The summed E-state index contributed by atoms with van der Waals surface area (Å²) in [5, 5.41) is 5.62. The quantitative estimate of drug-likeness (QED) is 0.740. The first-order valence-corrected chi connectivity index (χ1v) is 11.6. The van der Waals surface area contributed by atoms with E-state index in [-0.39, 0.29) is 17.9 Å². The minimum atomic E-state index is -0.0820. The number of carbonyl (C=O) groups is 2. The van der Waals surface area contributed by atoms with Crippen molar-refractivity contribution in [1.82, 2.24) is 14.8 Å². The summed E-state index contributed by atoms with van der Waals surface area (Å²) < 4.78 is 0. The van der Waals surface area contributed by atoms with Gasteiger partial charge in [0.25, 0.3) is 0 Å². The molecule has 0 saturated carbocycles. The van der Waals surface area contributed by atoms with E-state index in [4.69, 9.17) is 0 Å². The molecule has 162 valence electrons. The maximum atomic E-state index is 12.7. The number of aryl methyl sites for hydroxylation is 3. The van der Waals surface area contributed by atoms with Gasteiger partial charge in [-0.15, -0.1) is 11.3 Å². The molecule has 0 unspecified atom stereocenters. The minimum absolute atomic E-state index is 0.00245. The van der Waals surface area contributed by atoms with Crippen molar-refractivity contribution in [2.24, 2.45) is 5.92 Å². The highest BCUT2D eigenvalue weighted by Gasteiger charge is 2.29. The van der Waals surface area contributed by atoms with E-state index in [0.29, 0.717) is 44.2 Å². The van der Waals surface area contributed by atoms with Crippen molar-refractivity contribution in [1.29, 1.82) is 0 Å². The maximum absolute atomic E-state index is 12.7. The van der Waals surface area contributed by atoms with Crippen molar-refractivity contribution in [2.75, 3.05) is 31.5 Å². The number of anilines is 1. The Bertz CT molecular complexity index is 912. The molecule has 1 aliphatic heterocycles. The van der Waals surface area contributed by atoms with Gasteiger partial charge in [-0.25, -0.2) is 9.78 Å². The topological polar surface area (TPSA) is 65.5 Å². The Labute approximate surface area is 183 Å². The largest absolute Gasteiger partial charge is 0.325 e. The van der Waals surface area contributed by atoms with E-state index < -0.39 is 0 Å². The van der Waals surface area contributed by atoms with Crippen molar-refractivity contribution >= 4 is 28.4 Å². The zero-order chi connectivity index (χ0) is 21.8. The van der Waals surface area contributed by atoms with E-state index in [9.17, 15) is 9.59 Å². The number of urea groups is 1. The highest BCUT2D eigenvalue weighted by molar-refractivity contribution is 7.14. The first-order chi connectivity index (χ1) is 14.3. The molecule has 1 aromatic carbocycles. The molecule has 0 aliphatic carbocycles. The molecule has 0 radical (unpaired) electrons. The summed E-state index contributed by atoms with van der Waals surface area (Å²) in [4.78, 5) is 33.6. The lowest BCUT2D eigenvalue weighted by atomic mass is 9.96. The van der Waals surface area contributed by atoms with Crippen LogP contribution in [0.1, 0.15) is 43.4 Å². The summed E-state index contributed by atoms with van der Waals surface area (Å²) in [5.41, 5.74) is 5.70. The monoisotopic (exact) mass is 428 g/mol. The van der Waals surface area contributed by atoms with Crippen LogP contribution in [0.4, 0.5) is 9.93 Å². The lowest BCUT2D eigenvalue weighted by Crippen LogP contribution is -2.47. The highest BCUT2D eigenvalue weighted by Crippen LogP contribution is 2.30. The Morgan fingerprint density at radius 2 is 1.73 bits per heavy atom. The SMILES string of the molecule is CCN(CC)C(=O)N1CCC(C(=O)Nc2nc(-c3cc(C)c(C)cc3C)cs2)CC1. The maximum Gasteiger partial charge on any atom is 0.319 e. The number of nitrogens with zero attached hydrogens (tertiary/aromatic N) is 3. The summed E-state index contributed by atoms with van der Waals surface area (Å²) in [5.74, 6) is -0.0795. The van der Waals surface area contributed by atoms with Crippen molar-refractivity contribution in [3.8, 4) is 11.3 Å². The normalized spacial score (nSPS) is 14.6. The molecule has 2 aromatic rings. The summed E-state index contributed by atoms with van der Waals surface area (Å²) in [6, 6.07) is 4.41. The predicted molar refractivity (Wildman–Crippen MR) is 123 cm³/mol. The van der Waals surface area contributed by atoms with E-state index in [2.05, 4.69) is 43.2 Å². The summed E-state index contributed by atoms with van der Waals surface area (Å²) in [7, 11) is 0. The summed E-state index contributed by atoms with van der Waals surface area (Å²) in [6.07, 6.45) is 1.38. The molecule has 1 aromatic heterocycles. The van der Waals surface area contributed by atoms with Crippen LogP contribution < -0.4 is 5.32 Å². The molecule has 6 nitrogen and oxygen atoms in total. The first kappa shape index (κ1) is 22.3. The second-order valence-electron chi connectivity index (χ2n) is 7.99. The van der Waals surface area contributed by atoms with Gasteiger partial charge < -0.3 is 15.1 Å². The van der Waals surface area contributed by atoms with E-state index >= 15 is 0 Å². The molecule has 30 heavy (non-hydrogen) atoms. The first-order valence-electron chi connectivity index (χ1n) is 10.7. The number of benzene rings is 1. The lowest BCUT2D eigenvalue weighted by molar-refractivity contribution is -0.121. The Kier molecular flexibility index (Phi) is 7.13. The van der Waals surface area contributed by atoms with Gasteiger partial charge in [-0.05, 0) is 70.2 Å². The van der Waals surface area contributed by atoms with Gasteiger partial charge in [0.05, 0.1) is 5.69 Å². The molecule has 0 spiro atoms. The standard InChI is InChI=1S/C23H32N4O2S/c1-6-26(7-2)23(29)27-10-8-18(9-11-27)21(28)25-22-24-20(14-30-22)19-13-16(4)15(3)12-17(19)5/h12-14,18H,6-11H2,1-5H3,(H,24,25,28). The minimum Gasteiger partial charge on any atom is -0.325 e. The van der Waals surface area contributed by atoms with Crippen LogP contribution in [-0.4, -0.2) is 52.9 Å². The fourth-order valence-electron chi connectivity index (χ4n) is 3.93. The number of hydrogen-bond acceptors (Lipinski definition) is 4. The number of piperidine rings is 1. The number of nitrogens with one attached hydrogen (secondary N) is 1. The summed E-state index contributed by atoms with van der Waals surface area (Å²) >= 11 is 1.46. The fourth-order valence-corrected chi connectivity index (χ4v) is 4.64. The Morgan fingerprint density at radius 3 is 2.37 bits per heavy atom. The third kappa shape index (κ3) is 4.83. The highest BCUT2D eigenvalue weighted by atomic mass is 32.1. The fraction of sp³-hybridized carbons (Fsp3) is 0.522. The van der Waals surface area contributed by atoms with Crippen LogP contribution in [0.25, 0.3) is 11.3 Å². The molecule has 0 atom stereocenters. The third-order valence-electron chi connectivity index (χ3n) is 6.02. The number of thiazole rings is 1. The molecule has 3 rings (SSSR count). The number of rotatable bonds is 5. The van der Waals surface area contributed by atoms with Crippen LogP contribution in [0.3, 0.4) is 0 Å². The Hall–Kier alpha value is -2.41. The van der Waals surface area contributed by atoms with Crippen molar-refractivity contribution in [3.05, 3.63) is 34.2 Å². The number of likely N-dealkylation sites (tertiary alicyclic amines) is 1. The number of amides is 3. The third-order valence-corrected chi connectivity index (χ3v) is 6.78. The van der Waals surface area contributed by atoms with E-state index in [1.54, 1.807) is 0 Å². The molecule has 0 bridgehead atoms. The number of hydrogen-bond donors (Lipinski definition) is 1. The average molecular weight is 429 g/mol. The van der Waals surface area contributed by atoms with Crippen LogP contribution >= 0.6 is 11.3 Å². The van der Waals surface area contributed by atoms with Gasteiger partial charge >= 0.3 is 6.03 Å². The molecule has 1 N–H and O–H groups in total. The zero-order valence-electron chi connectivity index (χ0n) is 18.6. The molecule has 2 heterocycles. The second-order valence-corrected chi connectivity index (χ2v) is 8.85. The summed E-state index contributed by atoms with van der Waals surface area (Å²) in [6.45, 7) is 12.9. The smallest absolute Gasteiger partial charge is 0.319 e. The van der Waals surface area contributed by atoms with E-state index in [1.807, 2.05) is 29.0 Å². The number of aromatic nitrogens is 1. The number of carbonyl (C=O) groups excluding carboxylic acids is 2. The molecule has 7 heteroatoms. The lowest BCUT2D eigenvalue weighted by Gasteiger charge is -2.34. The van der Waals surface area contributed by atoms with Crippen LogP contribution in [0.2, 0.25) is 0 Å². The molecule has 1 aliphatic rings. The second kappa shape index (κ2) is 9.60. The Morgan fingerprint density at radius 1 is 1.10 bits per heavy atom. The van der Waals surface area contributed by atoms with Gasteiger partial charge in [0.2, 0.25) is 5.91 Å². The van der Waals surface area contributed by atoms with E-state index in [0.717, 1.165) is 11.3 Å². The van der Waals surface area contributed by atoms with Crippen molar-refractivity contribution in [2.45, 2.75) is 47.5 Å².